The van der Waals surface area contributed by atoms with Crippen LogP contribution in [0.3, 0.4) is 0 Å². The predicted octanol–water partition coefficient (Wildman–Crippen LogP) is 2.43. The summed E-state index contributed by atoms with van der Waals surface area (Å²) in [6.07, 6.45) is 4.10. The number of nitrogens with one attached hydrogen (secondary N) is 1. The van der Waals surface area contributed by atoms with Gasteiger partial charge in [-0.25, -0.2) is 0 Å². The average Bonchev–Trinajstić information content (AvgIpc) is 2.38. The fourth-order valence-corrected chi connectivity index (χ4v) is 4.10. The van der Waals surface area contributed by atoms with Crippen molar-refractivity contribution in [3.05, 3.63) is 0 Å². The molecule has 1 saturated carbocycles. The zero-order valence-electron chi connectivity index (χ0n) is 14.3. The highest BCUT2D eigenvalue weighted by Crippen LogP contribution is 2.39. The first-order valence-corrected chi connectivity index (χ1v) is 8.55. The van der Waals surface area contributed by atoms with Crippen LogP contribution in [0.15, 0.2) is 0 Å². The molecule has 1 N–H and O–H groups in total. The Morgan fingerprint density at radius 2 is 1.80 bits per heavy atom. The number of rotatable bonds is 4. The van der Waals surface area contributed by atoms with Gasteiger partial charge in [-0.3, -0.25) is 4.90 Å². The quantitative estimate of drug-likeness (QED) is 0.854. The Balaban J connectivity index is 1.85. The van der Waals surface area contributed by atoms with Gasteiger partial charge >= 0.3 is 0 Å². The summed E-state index contributed by atoms with van der Waals surface area (Å²) in [5.74, 6) is 0.828. The van der Waals surface area contributed by atoms with Crippen molar-refractivity contribution < 1.29 is 0 Å². The lowest BCUT2D eigenvalue weighted by Gasteiger charge is -2.44. The van der Waals surface area contributed by atoms with E-state index in [2.05, 4.69) is 49.9 Å². The molecule has 1 saturated heterocycles. The summed E-state index contributed by atoms with van der Waals surface area (Å²) in [6, 6.07) is 1.43. The minimum absolute atomic E-state index is 0.539. The van der Waals surface area contributed by atoms with Gasteiger partial charge in [-0.1, -0.05) is 13.8 Å². The van der Waals surface area contributed by atoms with Crippen molar-refractivity contribution in [3.8, 4) is 0 Å². The van der Waals surface area contributed by atoms with Gasteiger partial charge in [0.25, 0.3) is 0 Å². The summed E-state index contributed by atoms with van der Waals surface area (Å²) < 4.78 is 0. The zero-order chi connectivity index (χ0) is 14.8. The molecule has 0 radical (unpaired) electrons. The number of nitrogens with zero attached hydrogens (tertiary/aromatic N) is 2. The van der Waals surface area contributed by atoms with Gasteiger partial charge in [0.05, 0.1) is 0 Å². The van der Waals surface area contributed by atoms with Crippen molar-refractivity contribution in [2.75, 3.05) is 39.8 Å². The number of hydrogen-bond donors (Lipinski definition) is 1. The van der Waals surface area contributed by atoms with E-state index in [1.165, 1.54) is 52.0 Å². The van der Waals surface area contributed by atoms with Gasteiger partial charge in [0.2, 0.25) is 0 Å². The molecule has 0 spiro atoms. The van der Waals surface area contributed by atoms with Crippen LogP contribution in [0.4, 0.5) is 0 Å². The molecule has 118 valence electrons. The number of piperazine rings is 1. The Kier molecular flexibility index (Phi) is 5.49. The second kappa shape index (κ2) is 6.76. The van der Waals surface area contributed by atoms with E-state index in [-0.39, 0.29) is 0 Å². The van der Waals surface area contributed by atoms with Crippen LogP contribution in [0, 0.1) is 11.3 Å². The van der Waals surface area contributed by atoms with Crippen LogP contribution >= 0.6 is 0 Å². The van der Waals surface area contributed by atoms with Crippen molar-refractivity contribution >= 4 is 0 Å². The van der Waals surface area contributed by atoms with Crippen LogP contribution in [0.2, 0.25) is 0 Å². The van der Waals surface area contributed by atoms with Crippen molar-refractivity contribution in [1.29, 1.82) is 0 Å². The highest BCUT2D eigenvalue weighted by Gasteiger charge is 2.35. The van der Waals surface area contributed by atoms with Crippen molar-refractivity contribution in [2.45, 2.75) is 59.0 Å². The van der Waals surface area contributed by atoms with Gasteiger partial charge in [0.15, 0.2) is 0 Å². The van der Waals surface area contributed by atoms with Gasteiger partial charge in [-0.2, -0.15) is 0 Å². The maximum absolute atomic E-state index is 3.57. The molecule has 0 aromatic heterocycles. The third kappa shape index (κ3) is 4.19. The minimum Gasteiger partial charge on any atom is -0.317 e. The molecule has 0 aromatic carbocycles. The minimum atomic E-state index is 0.539. The monoisotopic (exact) mass is 281 g/mol. The lowest BCUT2D eigenvalue weighted by Crippen LogP contribution is -2.53. The first-order valence-electron chi connectivity index (χ1n) is 8.55. The molecule has 0 bridgehead atoms. The summed E-state index contributed by atoms with van der Waals surface area (Å²) in [4.78, 5) is 5.31. The third-order valence-corrected chi connectivity index (χ3v) is 5.52. The van der Waals surface area contributed by atoms with Gasteiger partial charge in [0.1, 0.15) is 0 Å². The average molecular weight is 281 g/mol. The second-order valence-corrected chi connectivity index (χ2v) is 7.99. The summed E-state index contributed by atoms with van der Waals surface area (Å²) in [6.45, 7) is 15.8. The highest BCUT2D eigenvalue weighted by atomic mass is 15.3. The van der Waals surface area contributed by atoms with Crippen LogP contribution < -0.4 is 5.32 Å². The first-order chi connectivity index (χ1) is 9.41. The summed E-state index contributed by atoms with van der Waals surface area (Å²) in [5, 5.41) is 3.57. The third-order valence-electron chi connectivity index (χ3n) is 5.52. The van der Waals surface area contributed by atoms with Gasteiger partial charge in [0, 0.05) is 44.8 Å². The second-order valence-electron chi connectivity index (χ2n) is 7.99. The SMILES string of the molecule is CNC1CCC(C)(C)CC1CN1CCN(C(C)C)CC1. The molecule has 0 amide bonds. The maximum atomic E-state index is 3.57. The lowest BCUT2D eigenvalue weighted by atomic mass is 9.69. The standard InChI is InChI=1S/C17H35N3/c1-14(2)20-10-8-19(9-11-20)13-15-12-17(3,4)7-6-16(15)18-5/h14-16,18H,6-13H2,1-5H3. The molecule has 3 nitrogen and oxygen atoms in total. The van der Waals surface area contributed by atoms with Gasteiger partial charge in [-0.15, -0.1) is 0 Å². The molecule has 2 atom stereocenters. The Hall–Kier alpha value is -0.120. The largest absolute Gasteiger partial charge is 0.317 e. The van der Waals surface area contributed by atoms with Crippen molar-refractivity contribution in [3.63, 3.8) is 0 Å². The van der Waals surface area contributed by atoms with Crippen LogP contribution in [0.25, 0.3) is 0 Å². The molecule has 2 fully saturated rings. The van der Waals surface area contributed by atoms with E-state index >= 15 is 0 Å². The highest BCUT2D eigenvalue weighted by molar-refractivity contribution is 4.90. The molecule has 1 heterocycles. The van der Waals surface area contributed by atoms with Crippen LogP contribution in [0.1, 0.15) is 47.0 Å². The molecule has 2 unspecified atom stereocenters. The normalized spacial score (nSPS) is 32.7. The molecule has 1 aliphatic carbocycles. The van der Waals surface area contributed by atoms with E-state index in [9.17, 15) is 0 Å². The Bertz CT molecular complexity index is 293. The topological polar surface area (TPSA) is 18.5 Å². The van der Waals surface area contributed by atoms with E-state index in [1.807, 2.05) is 0 Å². The van der Waals surface area contributed by atoms with Crippen LogP contribution in [-0.4, -0.2) is 61.7 Å². The zero-order valence-corrected chi connectivity index (χ0v) is 14.3. The molecule has 2 rings (SSSR count). The summed E-state index contributed by atoms with van der Waals surface area (Å²) >= 11 is 0. The predicted molar refractivity (Wildman–Crippen MR) is 87.1 cm³/mol. The maximum Gasteiger partial charge on any atom is 0.0113 e. The van der Waals surface area contributed by atoms with Gasteiger partial charge in [-0.05, 0) is 51.5 Å². The molecule has 0 aromatic rings. The van der Waals surface area contributed by atoms with E-state index in [1.54, 1.807) is 0 Å². The van der Waals surface area contributed by atoms with Gasteiger partial charge < -0.3 is 10.2 Å². The first kappa shape index (κ1) is 16.3. The fraction of sp³-hybridized carbons (Fsp3) is 1.00. The molecule has 1 aliphatic heterocycles. The Morgan fingerprint density at radius 3 is 2.35 bits per heavy atom. The van der Waals surface area contributed by atoms with Crippen molar-refractivity contribution in [2.24, 2.45) is 11.3 Å². The summed E-state index contributed by atoms with van der Waals surface area (Å²) in [7, 11) is 2.15. The molecular weight excluding hydrogens is 246 g/mol. The molecule has 20 heavy (non-hydrogen) atoms. The molecular formula is C17H35N3. The van der Waals surface area contributed by atoms with E-state index in [0.717, 1.165) is 12.0 Å². The van der Waals surface area contributed by atoms with Crippen molar-refractivity contribution in [1.82, 2.24) is 15.1 Å². The molecule has 2 aliphatic rings. The van der Waals surface area contributed by atoms with E-state index in [0.29, 0.717) is 11.5 Å². The number of hydrogen-bond acceptors (Lipinski definition) is 3. The Labute approximate surface area is 126 Å². The Morgan fingerprint density at radius 1 is 1.15 bits per heavy atom. The smallest absolute Gasteiger partial charge is 0.0113 e. The van der Waals surface area contributed by atoms with Crippen LogP contribution in [0.5, 0.6) is 0 Å². The van der Waals surface area contributed by atoms with Crippen LogP contribution in [-0.2, 0) is 0 Å². The molecule has 3 heteroatoms. The lowest BCUT2D eigenvalue weighted by molar-refractivity contribution is 0.0626. The van der Waals surface area contributed by atoms with E-state index in [4.69, 9.17) is 0 Å². The fourth-order valence-electron chi connectivity index (χ4n) is 4.10. The summed E-state index contributed by atoms with van der Waals surface area (Å²) in [5.41, 5.74) is 0.539. The van der Waals surface area contributed by atoms with E-state index < -0.39 is 0 Å².